The molecule has 3 heterocycles. The van der Waals surface area contributed by atoms with Crippen LogP contribution in [0, 0.1) is 12.7 Å². The lowest BCUT2D eigenvalue weighted by molar-refractivity contribution is -0.119. The highest BCUT2D eigenvalue weighted by molar-refractivity contribution is 7.22. The van der Waals surface area contributed by atoms with Crippen molar-refractivity contribution in [2.75, 3.05) is 13.7 Å². The van der Waals surface area contributed by atoms with Crippen LogP contribution in [0.15, 0.2) is 24.4 Å². The van der Waals surface area contributed by atoms with Gasteiger partial charge in [-0.1, -0.05) is 0 Å². The van der Waals surface area contributed by atoms with E-state index < -0.39 is 5.82 Å². The number of halogens is 1. The fourth-order valence-electron chi connectivity index (χ4n) is 3.82. The van der Waals surface area contributed by atoms with E-state index in [1.54, 1.807) is 13.3 Å². The molecule has 0 spiro atoms. The van der Waals surface area contributed by atoms with Crippen LogP contribution in [0.1, 0.15) is 18.1 Å². The summed E-state index contributed by atoms with van der Waals surface area (Å²) in [5.41, 5.74) is 4.65. The molecule has 0 bridgehead atoms. The molecule has 31 heavy (non-hydrogen) atoms. The number of fused-ring (bicyclic) bond motifs is 4. The maximum absolute atomic E-state index is 14.7. The van der Waals surface area contributed by atoms with Crippen molar-refractivity contribution in [3.8, 4) is 22.2 Å². The van der Waals surface area contributed by atoms with Gasteiger partial charge < -0.3 is 14.8 Å². The molecule has 158 valence electrons. The number of amides is 1. The van der Waals surface area contributed by atoms with Crippen molar-refractivity contribution in [2.24, 2.45) is 0 Å². The molecule has 4 aromatic rings. The van der Waals surface area contributed by atoms with Crippen LogP contribution in [0.25, 0.3) is 31.8 Å². The largest absolute Gasteiger partial charge is 0.485 e. The van der Waals surface area contributed by atoms with E-state index in [-0.39, 0.29) is 17.8 Å². The van der Waals surface area contributed by atoms with E-state index in [0.29, 0.717) is 35.4 Å². The zero-order valence-electron chi connectivity index (χ0n) is 17.2. The van der Waals surface area contributed by atoms with E-state index in [1.807, 2.05) is 19.1 Å². The summed E-state index contributed by atoms with van der Waals surface area (Å²) in [6.07, 6.45) is 1.78. The molecule has 9 heteroatoms. The van der Waals surface area contributed by atoms with Gasteiger partial charge in [0.25, 0.3) is 0 Å². The number of hydrogen-bond acceptors (Lipinski definition) is 7. The van der Waals surface area contributed by atoms with Gasteiger partial charge in [0, 0.05) is 30.5 Å². The predicted octanol–water partition coefficient (Wildman–Crippen LogP) is 3.80. The summed E-state index contributed by atoms with van der Waals surface area (Å²) in [6.45, 7) is 3.76. The minimum absolute atomic E-state index is 0.144. The molecule has 1 aliphatic heterocycles. The molecular formula is C22H19FN4O3S. The number of benzene rings is 2. The number of carbonyl (C=O) groups is 1. The van der Waals surface area contributed by atoms with Gasteiger partial charge in [0.2, 0.25) is 11.8 Å². The molecule has 2 aromatic carbocycles. The minimum atomic E-state index is -0.441. The van der Waals surface area contributed by atoms with Crippen LogP contribution in [-0.4, -0.2) is 40.6 Å². The average molecular weight is 438 g/mol. The number of aromatic nitrogens is 3. The van der Waals surface area contributed by atoms with Gasteiger partial charge in [-0.2, -0.15) is 0 Å². The number of hydrogen-bond donors (Lipinski definition) is 1. The van der Waals surface area contributed by atoms with Crippen LogP contribution >= 0.6 is 11.3 Å². The fraction of sp³-hybridized carbons (Fsp3) is 0.273. The van der Waals surface area contributed by atoms with Crippen LogP contribution in [0.2, 0.25) is 0 Å². The Labute approximate surface area is 181 Å². The number of aryl methyl sites for hydroxylation is 1. The number of thiazole rings is 1. The van der Waals surface area contributed by atoms with Crippen molar-refractivity contribution in [2.45, 2.75) is 26.4 Å². The standard InChI is InChI=1S/C22H19FN4O3S/c1-10-4-13(19-16(5-10)26-18(29-3)9-25-19)22-27-17-7-15(23)20-14(21(17)31-22)6-12(30-20)8-24-11(2)28/h4-5,7,9,12H,6,8H2,1-3H3,(H,24,28)/t12-/m0/s1. The molecular weight excluding hydrogens is 419 g/mol. The van der Waals surface area contributed by atoms with Crippen molar-refractivity contribution >= 4 is 38.5 Å². The molecule has 1 atom stereocenters. The van der Waals surface area contributed by atoms with Crippen LogP contribution in [-0.2, 0) is 11.2 Å². The number of ether oxygens (including phenoxy) is 2. The third-order valence-electron chi connectivity index (χ3n) is 5.19. The second kappa shape index (κ2) is 7.42. The molecule has 1 N–H and O–H groups in total. The SMILES string of the molecule is COc1cnc2c(-c3nc4cc(F)c5c(c4s3)C[C@@H](CNC(C)=O)O5)cc(C)cc2n1. The summed E-state index contributed by atoms with van der Waals surface area (Å²) in [6, 6.07) is 5.36. The van der Waals surface area contributed by atoms with Crippen LogP contribution < -0.4 is 14.8 Å². The van der Waals surface area contributed by atoms with Crippen LogP contribution in [0.5, 0.6) is 11.6 Å². The number of nitrogens with one attached hydrogen (secondary N) is 1. The molecule has 0 radical (unpaired) electrons. The molecule has 7 nitrogen and oxygen atoms in total. The maximum Gasteiger partial charge on any atom is 0.232 e. The lowest BCUT2D eigenvalue weighted by Gasteiger charge is -2.10. The van der Waals surface area contributed by atoms with Gasteiger partial charge in [-0.05, 0) is 24.6 Å². The quantitative estimate of drug-likeness (QED) is 0.522. The summed E-state index contributed by atoms with van der Waals surface area (Å²) >= 11 is 1.48. The number of rotatable bonds is 4. The Balaban J connectivity index is 1.61. The zero-order chi connectivity index (χ0) is 21.7. The maximum atomic E-state index is 14.7. The summed E-state index contributed by atoms with van der Waals surface area (Å²) in [5.74, 6) is 0.102. The summed E-state index contributed by atoms with van der Waals surface area (Å²) < 4.78 is 26.6. The van der Waals surface area contributed by atoms with Gasteiger partial charge in [-0.15, -0.1) is 11.3 Å². The van der Waals surface area contributed by atoms with E-state index in [4.69, 9.17) is 14.5 Å². The minimum Gasteiger partial charge on any atom is -0.485 e. The van der Waals surface area contributed by atoms with Gasteiger partial charge in [0.15, 0.2) is 11.6 Å². The van der Waals surface area contributed by atoms with Gasteiger partial charge in [-0.3, -0.25) is 4.79 Å². The number of carbonyl (C=O) groups excluding carboxylic acids is 1. The Hall–Kier alpha value is -3.33. The second-order valence-corrected chi connectivity index (χ2v) is 8.51. The van der Waals surface area contributed by atoms with Gasteiger partial charge in [0.1, 0.15) is 11.1 Å². The van der Waals surface area contributed by atoms with Gasteiger partial charge >= 0.3 is 0 Å². The molecule has 0 aliphatic carbocycles. The Bertz CT molecular complexity index is 1350. The second-order valence-electron chi connectivity index (χ2n) is 7.51. The molecule has 1 amide bonds. The Kier molecular flexibility index (Phi) is 4.70. The highest BCUT2D eigenvalue weighted by Gasteiger charge is 2.30. The third-order valence-corrected chi connectivity index (χ3v) is 6.35. The van der Waals surface area contributed by atoms with Crippen LogP contribution in [0.3, 0.4) is 0 Å². The van der Waals surface area contributed by atoms with E-state index in [2.05, 4.69) is 15.3 Å². The zero-order valence-corrected chi connectivity index (χ0v) is 18.0. The molecule has 0 saturated carbocycles. The molecule has 5 rings (SSSR count). The highest BCUT2D eigenvalue weighted by atomic mass is 32.1. The molecule has 1 aliphatic rings. The first-order valence-corrected chi connectivity index (χ1v) is 10.6. The van der Waals surface area contributed by atoms with E-state index in [0.717, 1.165) is 26.4 Å². The topological polar surface area (TPSA) is 86.2 Å². The average Bonchev–Trinajstić information content (AvgIpc) is 3.35. The third kappa shape index (κ3) is 3.44. The van der Waals surface area contributed by atoms with Crippen molar-refractivity contribution in [1.82, 2.24) is 20.3 Å². The van der Waals surface area contributed by atoms with Crippen molar-refractivity contribution < 1.29 is 18.7 Å². The Morgan fingerprint density at radius 2 is 2.16 bits per heavy atom. The fourth-order valence-corrected chi connectivity index (χ4v) is 4.93. The van der Waals surface area contributed by atoms with Crippen molar-refractivity contribution in [3.05, 3.63) is 41.3 Å². The van der Waals surface area contributed by atoms with Crippen LogP contribution in [0.4, 0.5) is 4.39 Å². The summed E-state index contributed by atoms with van der Waals surface area (Å²) in [5, 5.41) is 3.47. The first kappa shape index (κ1) is 19.6. The normalized spacial score (nSPS) is 15.2. The first-order valence-electron chi connectivity index (χ1n) is 9.77. The molecule has 0 unspecified atom stereocenters. The lowest BCUT2D eigenvalue weighted by Crippen LogP contribution is -2.32. The van der Waals surface area contributed by atoms with Crippen molar-refractivity contribution in [3.63, 3.8) is 0 Å². The molecule has 2 aromatic heterocycles. The predicted molar refractivity (Wildman–Crippen MR) is 116 cm³/mol. The number of methoxy groups -OCH3 is 1. The smallest absolute Gasteiger partial charge is 0.232 e. The van der Waals surface area contributed by atoms with E-state index in [9.17, 15) is 9.18 Å². The highest BCUT2D eigenvalue weighted by Crippen LogP contribution is 2.43. The van der Waals surface area contributed by atoms with Gasteiger partial charge in [-0.25, -0.2) is 19.3 Å². The molecule has 0 saturated heterocycles. The van der Waals surface area contributed by atoms with Crippen molar-refractivity contribution in [1.29, 1.82) is 0 Å². The summed E-state index contributed by atoms with van der Waals surface area (Å²) in [4.78, 5) is 24.9. The number of nitrogens with zero attached hydrogens (tertiary/aromatic N) is 3. The summed E-state index contributed by atoms with van der Waals surface area (Å²) in [7, 11) is 1.55. The van der Waals surface area contributed by atoms with E-state index in [1.165, 1.54) is 24.3 Å². The lowest BCUT2D eigenvalue weighted by atomic mass is 10.1. The Morgan fingerprint density at radius 1 is 1.32 bits per heavy atom. The first-order chi connectivity index (χ1) is 14.9. The van der Waals surface area contributed by atoms with E-state index >= 15 is 0 Å². The molecule has 0 fully saturated rings. The monoisotopic (exact) mass is 438 g/mol. The Morgan fingerprint density at radius 3 is 2.94 bits per heavy atom. The van der Waals surface area contributed by atoms with Gasteiger partial charge in [0.05, 0.1) is 41.1 Å².